The van der Waals surface area contributed by atoms with E-state index < -0.39 is 0 Å². The van der Waals surface area contributed by atoms with E-state index in [2.05, 4.69) is 196 Å². The third-order valence-corrected chi connectivity index (χ3v) is 10.7. The zero-order valence-electron chi connectivity index (χ0n) is 29.9. The largest absolute Gasteiger partial charge is 0.338 e. The summed E-state index contributed by atoms with van der Waals surface area (Å²) in [4.78, 5) is 2.62. The van der Waals surface area contributed by atoms with Crippen LogP contribution in [-0.2, 0) is 0 Å². The van der Waals surface area contributed by atoms with E-state index in [-0.39, 0.29) is 0 Å². The number of nitrogens with zero attached hydrogens (tertiary/aromatic N) is 1. The summed E-state index contributed by atoms with van der Waals surface area (Å²) in [5.41, 5.74) is 17.9. The van der Waals surface area contributed by atoms with Crippen molar-refractivity contribution in [2.24, 2.45) is 0 Å². The van der Waals surface area contributed by atoms with Crippen molar-refractivity contribution in [2.75, 3.05) is 4.90 Å². The van der Waals surface area contributed by atoms with Gasteiger partial charge in [-0.05, 0) is 114 Å². The summed E-state index contributed by atoms with van der Waals surface area (Å²) < 4.78 is 0. The number of hydrogen-bond donors (Lipinski definition) is 0. The summed E-state index contributed by atoms with van der Waals surface area (Å²) in [6.07, 6.45) is 12.8. The highest BCUT2D eigenvalue weighted by atomic mass is 15.2. The average Bonchev–Trinajstić information content (AvgIpc) is 3.76. The molecule has 0 amide bonds. The van der Waals surface area contributed by atoms with Crippen molar-refractivity contribution in [3.8, 4) is 0 Å². The number of benzene rings is 6. The van der Waals surface area contributed by atoms with Crippen LogP contribution in [-0.4, -0.2) is 6.04 Å². The Hall–Kier alpha value is -5.66. The van der Waals surface area contributed by atoms with Crippen LogP contribution in [0.2, 0.25) is 0 Å². The lowest BCUT2D eigenvalue weighted by molar-refractivity contribution is 0.642. The van der Waals surface area contributed by atoms with Crippen molar-refractivity contribution in [3.63, 3.8) is 0 Å². The molecule has 0 bridgehead atoms. The van der Waals surface area contributed by atoms with Gasteiger partial charge in [-0.1, -0.05) is 163 Å². The maximum atomic E-state index is 2.62. The van der Waals surface area contributed by atoms with Crippen LogP contribution in [0.5, 0.6) is 0 Å². The van der Waals surface area contributed by atoms with Gasteiger partial charge in [0, 0.05) is 23.3 Å². The fourth-order valence-electron chi connectivity index (χ4n) is 7.98. The molecule has 2 atom stereocenters. The minimum atomic E-state index is 0.514. The molecule has 1 fully saturated rings. The van der Waals surface area contributed by atoms with E-state index in [1.165, 1.54) is 97.4 Å². The van der Waals surface area contributed by atoms with E-state index in [0.29, 0.717) is 12.0 Å². The molecular weight excluding hydrogens is 615 g/mol. The molecule has 6 aromatic rings. The van der Waals surface area contributed by atoms with E-state index in [4.69, 9.17) is 0 Å². The summed E-state index contributed by atoms with van der Waals surface area (Å²) in [6.45, 7) is 6.44. The first-order chi connectivity index (χ1) is 25.0. The van der Waals surface area contributed by atoms with Gasteiger partial charge in [0.2, 0.25) is 0 Å². The van der Waals surface area contributed by atoms with Gasteiger partial charge in [-0.2, -0.15) is 0 Å². The lowest BCUT2D eigenvalue weighted by Gasteiger charge is -2.27. The standard InChI is InChI=1S/C50H45N/c1-35-15-24-41(25-16-35)45(40-10-5-4-6-11-40)12-7-9-38-21-30-44(31-22-38)51-49-14-8-13-46(49)48-34-39(23-32-50(48)51)33-47(42-26-17-36(2)18-27-42)43-28-19-37(3)20-29-43/h4-7,9-12,15-34,46,49H,8,13-14H2,1-3H3/b9-7+,45-12+. The van der Waals surface area contributed by atoms with E-state index >= 15 is 0 Å². The molecule has 0 saturated heterocycles. The second-order valence-electron chi connectivity index (χ2n) is 14.3. The van der Waals surface area contributed by atoms with Crippen LogP contribution in [0.3, 0.4) is 0 Å². The predicted octanol–water partition coefficient (Wildman–Crippen LogP) is 13.1. The maximum Gasteiger partial charge on any atom is 0.0450 e. The van der Waals surface area contributed by atoms with Crippen LogP contribution >= 0.6 is 0 Å². The normalized spacial score (nSPS) is 16.7. The van der Waals surface area contributed by atoms with Gasteiger partial charge >= 0.3 is 0 Å². The van der Waals surface area contributed by atoms with Gasteiger partial charge in [-0.15, -0.1) is 0 Å². The Morgan fingerprint density at radius 3 is 1.71 bits per heavy atom. The lowest BCUT2D eigenvalue weighted by Crippen LogP contribution is -2.26. The Morgan fingerprint density at radius 1 is 0.549 bits per heavy atom. The molecule has 1 heteroatoms. The highest BCUT2D eigenvalue weighted by molar-refractivity contribution is 5.92. The van der Waals surface area contributed by atoms with Crippen molar-refractivity contribution >= 4 is 34.7 Å². The number of rotatable bonds is 8. The minimum absolute atomic E-state index is 0.514. The molecule has 1 aliphatic carbocycles. The molecule has 0 radical (unpaired) electrons. The van der Waals surface area contributed by atoms with Gasteiger partial charge < -0.3 is 4.90 Å². The Labute approximate surface area is 304 Å². The Balaban J connectivity index is 1.08. The van der Waals surface area contributed by atoms with Gasteiger partial charge in [-0.3, -0.25) is 0 Å². The second kappa shape index (κ2) is 14.3. The summed E-state index contributed by atoms with van der Waals surface area (Å²) in [5, 5.41) is 0. The smallest absolute Gasteiger partial charge is 0.0450 e. The zero-order chi connectivity index (χ0) is 34.7. The molecule has 0 N–H and O–H groups in total. The molecule has 2 unspecified atom stereocenters. The van der Waals surface area contributed by atoms with Gasteiger partial charge in [-0.25, -0.2) is 0 Å². The zero-order valence-corrected chi connectivity index (χ0v) is 29.9. The van der Waals surface area contributed by atoms with Crippen molar-refractivity contribution < 1.29 is 0 Å². The molecule has 1 nitrogen and oxygen atoms in total. The van der Waals surface area contributed by atoms with Crippen molar-refractivity contribution in [1.82, 2.24) is 0 Å². The molecule has 1 saturated carbocycles. The number of anilines is 2. The number of hydrogen-bond acceptors (Lipinski definition) is 1. The molecule has 1 aliphatic heterocycles. The van der Waals surface area contributed by atoms with Crippen LogP contribution in [0.4, 0.5) is 11.4 Å². The number of allylic oxidation sites excluding steroid dienone is 2. The fourth-order valence-corrected chi connectivity index (χ4v) is 7.98. The molecule has 8 rings (SSSR count). The Morgan fingerprint density at radius 2 is 1.10 bits per heavy atom. The molecule has 0 spiro atoms. The summed E-state index contributed by atoms with van der Waals surface area (Å²) >= 11 is 0. The van der Waals surface area contributed by atoms with Crippen molar-refractivity contribution in [1.29, 1.82) is 0 Å². The van der Waals surface area contributed by atoms with Crippen LogP contribution in [0.15, 0.2) is 158 Å². The quantitative estimate of drug-likeness (QED) is 0.116. The average molecular weight is 660 g/mol. The molecule has 250 valence electrons. The Kier molecular flexibility index (Phi) is 9.12. The molecule has 51 heavy (non-hydrogen) atoms. The van der Waals surface area contributed by atoms with Crippen molar-refractivity contribution in [3.05, 3.63) is 213 Å². The first kappa shape index (κ1) is 32.5. The summed E-state index contributed by atoms with van der Waals surface area (Å²) in [7, 11) is 0. The molecule has 0 aromatic heterocycles. The molecule has 2 aliphatic rings. The third kappa shape index (κ3) is 6.90. The predicted molar refractivity (Wildman–Crippen MR) is 218 cm³/mol. The van der Waals surface area contributed by atoms with E-state index in [1.807, 2.05) is 0 Å². The number of fused-ring (bicyclic) bond motifs is 3. The third-order valence-electron chi connectivity index (χ3n) is 10.7. The minimum Gasteiger partial charge on any atom is -0.338 e. The summed E-state index contributed by atoms with van der Waals surface area (Å²) in [6, 6.07) is 54.2. The van der Waals surface area contributed by atoms with Gasteiger partial charge in [0.25, 0.3) is 0 Å². The topological polar surface area (TPSA) is 3.24 Å². The van der Waals surface area contributed by atoms with Gasteiger partial charge in [0.1, 0.15) is 0 Å². The maximum absolute atomic E-state index is 2.62. The second-order valence-corrected chi connectivity index (χ2v) is 14.3. The van der Waals surface area contributed by atoms with Crippen molar-refractivity contribution in [2.45, 2.75) is 52.0 Å². The first-order valence-electron chi connectivity index (χ1n) is 18.4. The molecule has 1 heterocycles. The van der Waals surface area contributed by atoms with E-state index in [1.54, 1.807) is 0 Å². The van der Waals surface area contributed by atoms with Gasteiger partial charge in [0.15, 0.2) is 0 Å². The number of aryl methyl sites for hydroxylation is 3. The SMILES string of the molecule is Cc1ccc(C(=Cc2ccc3c(c2)C2CCCC2N3c2ccc(/C=C/C=C(\c3ccccc3)c3ccc(C)cc3)cc2)c2ccc(C)cc2)cc1. The monoisotopic (exact) mass is 659 g/mol. The van der Waals surface area contributed by atoms with Crippen LogP contribution in [0.25, 0.3) is 23.3 Å². The Bertz CT molecular complexity index is 2170. The lowest BCUT2D eigenvalue weighted by atomic mass is 9.92. The molecular formula is C50H45N. The van der Waals surface area contributed by atoms with Crippen LogP contribution in [0.1, 0.15) is 80.8 Å². The van der Waals surface area contributed by atoms with E-state index in [9.17, 15) is 0 Å². The van der Waals surface area contributed by atoms with E-state index in [0.717, 1.165) is 0 Å². The fraction of sp³-hybridized carbons (Fsp3) is 0.160. The molecule has 6 aromatic carbocycles. The summed E-state index contributed by atoms with van der Waals surface area (Å²) in [5.74, 6) is 0.568. The first-order valence-corrected chi connectivity index (χ1v) is 18.4. The highest BCUT2D eigenvalue weighted by Crippen LogP contribution is 2.52. The van der Waals surface area contributed by atoms with Crippen LogP contribution < -0.4 is 4.90 Å². The van der Waals surface area contributed by atoms with Gasteiger partial charge in [0.05, 0.1) is 0 Å². The van der Waals surface area contributed by atoms with Crippen LogP contribution in [0, 0.1) is 20.8 Å². The highest BCUT2D eigenvalue weighted by Gasteiger charge is 2.42.